The first kappa shape index (κ1) is 18.9. The number of aryl methyl sites for hydroxylation is 1. The fourth-order valence-corrected chi connectivity index (χ4v) is 3.26. The van der Waals surface area contributed by atoms with Crippen LogP contribution < -0.4 is 10.5 Å². The first-order chi connectivity index (χ1) is 12.7. The van der Waals surface area contributed by atoms with Gasteiger partial charge < -0.3 is 4.90 Å². The zero-order valence-electron chi connectivity index (χ0n) is 14.5. The molecule has 144 valence electrons. The van der Waals surface area contributed by atoms with Crippen molar-refractivity contribution in [3.8, 4) is 0 Å². The summed E-state index contributed by atoms with van der Waals surface area (Å²) in [5.74, 6) is -0.381. The third-order valence-electron chi connectivity index (χ3n) is 4.56. The molecule has 0 saturated heterocycles. The van der Waals surface area contributed by atoms with Gasteiger partial charge in [-0.1, -0.05) is 24.3 Å². The van der Waals surface area contributed by atoms with Crippen LogP contribution >= 0.6 is 0 Å². The van der Waals surface area contributed by atoms with Gasteiger partial charge in [-0.3, -0.25) is 19.5 Å². The summed E-state index contributed by atoms with van der Waals surface area (Å²) in [5, 5.41) is 11.5. The van der Waals surface area contributed by atoms with Crippen molar-refractivity contribution in [2.45, 2.75) is 32.5 Å². The lowest BCUT2D eigenvalue weighted by Gasteiger charge is -2.22. The lowest BCUT2D eigenvalue weighted by atomic mass is 10.0. The van der Waals surface area contributed by atoms with Crippen molar-refractivity contribution in [3.05, 3.63) is 61.7 Å². The summed E-state index contributed by atoms with van der Waals surface area (Å²) in [5.41, 5.74) is -0.00744. The number of hydrogen-bond donors (Lipinski definition) is 0. The molecule has 7 nitrogen and oxygen atoms in total. The number of nitrogens with zero attached hydrogens (tertiary/aromatic N) is 4. The van der Waals surface area contributed by atoms with Gasteiger partial charge >= 0.3 is 17.4 Å². The Hall–Kier alpha value is -2.91. The lowest BCUT2D eigenvalue weighted by molar-refractivity contribution is -0.386. The van der Waals surface area contributed by atoms with Gasteiger partial charge in [0.05, 0.1) is 4.92 Å². The highest BCUT2D eigenvalue weighted by Crippen LogP contribution is 2.27. The fourth-order valence-electron chi connectivity index (χ4n) is 3.26. The highest BCUT2D eigenvalue weighted by atomic mass is 19.4. The van der Waals surface area contributed by atoms with Crippen LogP contribution in [0.3, 0.4) is 0 Å². The van der Waals surface area contributed by atoms with Gasteiger partial charge in [0.15, 0.2) is 0 Å². The van der Waals surface area contributed by atoms with Gasteiger partial charge in [0.1, 0.15) is 12.4 Å². The SMILES string of the molecule is Cc1nc(N2CCc3ccccc3CC2)c([N+](=O)[O-])c(=O)n1CC(F)(F)F. The highest BCUT2D eigenvalue weighted by Gasteiger charge is 2.34. The van der Waals surface area contributed by atoms with Crippen molar-refractivity contribution < 1.29 is 18.1 Å². The minimum Gasteiger partial charge on any atom is -0.350 e. The smallest absolute Gasteiger partial charge is 0.350 e. The van der Waals surface area contributed by atoms with E-state index in [1.54, 1.807) is 4.90 Å². The maximum Gasteiger partial charge on any atom is 0.406 e. The summed E-state index contributed by atoms with van der Waals surface area (Å²) in [7, 11) is 0. The number of rotatable bonds is 3. The topological polar surface area (TPSA) is 81.3 Å². The summed E-state index contributed by atoms with van der Waals surface area (Å²) in [4.78, 5) is 28.6. The molecule has 10 heteroatoms. The molecule has 0 atom stereocenters. The minimum atomic E-state index is -4.68. The molecule has 0 bridgehead atoms. The molecule has 0 unspecified atom stereocenters. The van der Waals surface area contributed by atoms with Gasteiger partial charge in [-0.25, -0.2) is 4.98 Å². The van der Waals surface area contributed by atoms with Crippen molar-refractivity contribution in [3.63, 3.8) is 0 Å². The van der Waals surface area contributed by atoms with Gasteiger partial charge in [0.25, 0.3) is 0 Å². The van der Waals surface area contributed by atoms with Gasteiger partial charge in [-0.15, -0.1) is 0 Å². The zero-order chi connectivity index (χ0) is 19.8. The van der Waals surface area contributed by atoms with Crippen molar-refractivity contribution >= 4 is 11.5 Å². The van der Waals surface area contributed by atoms with Crippen LogP contribution in [0.15, 0.2) is 29.1 Å². The Bertz CT molecular complexity index is 913. The van der Waals surface area contributed by atoms with E-state index in [9.17, 15) is 28.1 Å². The Balaban J connectivity index is 2.03. The molecular formula is C17H17F3N4O3. The van der Waals surface area contributed by atoms with Crippen LogP contribution in [0.4, 0.5) is 24.7 Å². The number of nitro groups is 1. The van der Waals surface area contributed by atoms with E-state index in [4.69, 9.17) is 0 Å². The molecule has 1 aromatic heterocycles. The number of benzene rings is 1. The second-order valence-corrected chi connectivity index (χ2v) is 6.35. The van der Waals surface area contributed by atoms with Crippen molar-refractivity contribution in [1.29, 1.82) is 0 Å². The highest BCUT2D eigenvalue weighted by molar-refractivity contribution is 5.57. The van der Waals surface area contributed by atoms with Crippen molar-refractivity contribution in [2.24, 2.45) is 0 Å². The predicted octanol–water partition coefficient (Wildman–Crippen LogP) is 2.63. The second-order valence-electron chi connectivity index (χ2n) is 6.35. The van der Waals surface area contributed by atoms with E-state index in [0.29, 0.717) is 30.5 Å². The molecule has 0 N–H and O–H groups in total. The third kappa shape index (κ3) is 3.93. The van der Waals surface area contributed by atoms with Crippen LogP contribution in [-0.2, 0) is 19.4 Å². The summed E-state index contributed by atoms with van der Waals surface area (Å²) < 4.78 is 38.5. The van der Waals surface area contributed by atoms with E-state index in [1.165, 1.54) is 6.92 Å². The van der Waals surface area contributed by atoms with E-state index in [2.05, 4.69) is 4.98 Å². The maximum absolute atomic E-state index is 12.7. The summed E-state index contributed by atoms with van der Waals surface area (Å²) in [6.07, 6.45) is -3.49. The van der Waals surface area contributed by atoms with Crippen LogP contribution in [-0.4, -0.2) is 33.7 Å². The molecule has 0 fully saturated rings. The summed E-state index contributed by atoms with van der Waals surface area (Å²) in [6.45, 7) is 0.393. The first-order valence-electron chi connectivity index (χ1n) is 8.31. The standard InChI is InChI=1S/C17H17F3N4O3/c1-11-21-15(14(24(26)27)16(25)23(11)10-17(18,19)20)22-8-6-12-4-2-3-5-13(12)7-9-22/h2-5H,6-10H2,1H3. The van der Waals surface area contributed by atoms with E-state index in [0.717, 1.165) is 11.1 Å². The molecule has 0 aliphatic carbocycles. The Morgan fingerprint density at radius 2 is 1.74 bits per heavy atom. The maximum atomic E-state index is 12.7. The van der Waals surface area contributed by atoms with Crippen LogP contribution in [0.5, 0.6) is 0 Å². The Labute approximate surface area is 152 Å². The van der Waals surface area contributed by atoms with E-state index in [1.807, 2.05) is 24.3 Å². The van der Waals surface area contributed by atoms with E-state index >= 15 is 0 Å². The number of alkyl halides is 3. The molecule has 0 spiro atoms. The molecular weight excluding hydrogens is 365 g/mol. The number of hydrogen-bond acceptors (Lipinski definition) is 5. The Morgan fingerprint density at radius 1 is 1.19 bits per heavy atom. The van der Waals surface area contributed by atoms with Crippen molar-refractivity contribution in [1.82, 2.24) is 9.55 Å². The van der Waals surface area contributed by atoms with E-state index < -0.39 is 28.9 Å². The molecule has 1 aromatic carbocycles. The molecule has 1 aliphatic rings. The van der Waals surface area contributed by atoms with Crippen LogP contribution in [0.1, 0.15) is 17.0 Å². The predicted molar refractivity (Wildman–Crippen MR) is 92.0 cm³/mol. The molecule has 2 aromatic rings. The molecule has 3 rings (SSSR count). The lowest BCUT2D eigenvalue weighted by Crippen LogP contribution is -2.36. The number of aromatic nitrogens is 2. The molecule has 27 heavy (non-hydrogen) atoms. The van der Waals surface area contributed by atoms with Gasteiger partial charge in [0.2, 0.25) is 5.82 Å². The van der Waals surface area contributed by atoms with Gasteiger partial charge in [-0.2, -0.15) is 13.2 Å². The molecule has 0 radical (unpaired) electrons. The second kappa shape index (κ2) is 7.01. The largest absolute Gasteiger partial charge is 0.406 e. The van der Waals surface area contributed by atoms with E-state index in [-0.39, 0.29) is 11.6 Å². The quantitative estimate of drug-likeness (QED) is 0.602. The van der Waals surface area contributed by atoms with Crippen LogP contribution in [0.2, 0.25) is 0 Å². The first-order valence-corrected chi connectivity index (χ1v) is 8.31. The average Bonchev–Trinajstić information content (AvgIpc) is 2.79. The normalized spacial score (nSPS) is 14.6. The van der Waals surface area contributed by atoms with Gasteiger partial charge in [0, 0.05) is 13.1 Å². The monoisotopic (exact) mass is 382 g/mol. The molecule has 1 aliphatic heterocycles. The van der Waals surface area contributed by atoms with Crippen molar-refractivity contribution in [2.75, 3.05) is 18.0 Å². The summed E-state index contributed by atoms with van der Waals surface area (Å²) >= 11 is 0. The molecule has 0 amide bonds. The minimum absolute atomic E-state index is 0.172. The molecule has 0 saturated carbocycles. The Morgan fingerprint density at radius 3 is 2.22 bits per heavy atom. The Kier molecular flexibility index (Phi) is 4.90. The average molecular weight is 382 g/mol. The summed E-state index contributed by atoms with van der Waals surface area (Å²) in [6, 6.07) is 7.73. The number of fused-ring (bicyclic) bond motifs is 1. The van der Waals surface area contributed by atoms with Crippen LogP contribution in [0.25, 0.3) is 0 Å². The molecule has 2 heterocycles. The van der Waals surface area contributed by atoms with Crippen LogP contribution in [0, 0.1) is 17.0 Å². The number of anilines is 1. The third-order valence-corrected chi connectivity index (χ3v) is 4.56. The van der Waals surface area contributed by atoms with Gasteiger partial charge in [-0.05, 0) is 30.9 Å². The fraction of sp³-hybridized carbons (Fsp3) is 0.412. The number of halogens is 3. The zero-order valence-corrected chi connectivity index (χ0v) is 14.5.